The molecule has 3 N–H and O–H groups in total. The lowest BCUT2D eigenvalue weighted by Gasteiger charge is -2.25. The molecule has 9 heteroatoms. The van der Waals surface area contributed by atoms with E-state index in [1.165, 1.54) is 28.9 Å². The maximum absolute atomic E-state index is 13.5. The summed E-state index contributed by atoms with van der Waals surface area (Å²) in [6.07, 6.45) is 2.93. The van der Waals surface area contributed by atoms with Crippen LogP contribution in [0.15, 0.2) is 50.6 Å². The van der Waals surface area contributed by atoms with Crippen molar-refractivity contribution >= 4 is 17.4 Å². The van der Waals surface area contributed by atoms with Crippen LogP contribution in [0.4, 0.5) is 11.5 Å². The molecule has 0 aliphatic carbocycles. The summed E-state index contributed by atoms with van der Waals surface area (Å²) < 4.78 is 12.0. The number of ether oxygens (including phenoxy) is 1. The van der Waals surface area contributed by atoms with Gasteiger partial charge in [-0.15, -0.1) is 0 Å². The second kappa shape index (κ2) is 9.38. The molecular weight excluding hydrogens is 400 g/mol. The zero-order valence-corrected chi connectivity index (χ0v) is 17.8. The molecule has 2 heterocycles. The summed E-state index contributed by atoms with van der Waals surface area (Å²) in [5.74, 6) is 0.421. The Kier molecular flexibility index (Phi) is 6.64. The Labute approximate surface area is 179 Å². The number of hydrogen-bond acceptors (Lipinski definition) is 6. The number of aryl methyl sites for hydroxylation is 1. The van der Waals surface area contributed by atoms with Crippen LogP contribution in [0.1, 0.15) is 41.4 Å². The number of carbonyl (C=O) groups excluding carboxylic acids is 1. The minimum Gasteiger partial charge on any atom is -0.496 e. The standard InChI is InChI=1S/C22H26N4O5/c1-4-5-11-25-19(23)18(20(27)24-22(25)29)26(21(28)16-10-12-31-14(16)2)13-15-8-6-7-9-17(15)30-3/h6-10,12H,4-5,11,13,23H2,1-3H3,(H,24,27,29). The number of nitrogens with one attached hydrogen (secondary N) is 1. The van der Waals surface area contributed by atoms with Gasteiger partial charge < -0.3 is 14.9 Å². The lowest BCUT2D eigenvalue weighted by Crippen LogP contribution is -2.41. The van der Waals surface area contributed by atoms with Gasteiger partial charge in [0.25, 0.3) is 11.5 Å². The molecule has 0 bridgehead atoms. The van der Waals surface area contributed by atoms with Crippen molar-refractivity contribution in [2.24, 2.45) is 0 Å². The Balaban J connectivity index is 2.19. The Morgan fingerprint density at radius 1 is 1.26 bits per heavy atom. The highest BCUT2D eigenvalue weighted by Gasteiger charge is 2.28. The van der Waals surface area contributed by atoms with Crippen molar-refractivity contribution in [3.63, 3.8) is 0 Å². The molecule has 0 aliphatic heterocycles. The molecule has 164 valence electrons. The van der Waals surface area contributed by atoms with Crippen molar-refractivity contribution in [2.45, 2.75) is 39.8 Å². The van der Waals surface area contributed by atoms with E-state index in [-0.39, 0.29) is 18.1 Å². The van der Waals surface area contributed by atoms with E-state index in [0.717, 1.165) is 6.42 Å². The van der Waals surface area contributed by atoms with Crippen LogP contribution in [-0.4, -0.2) is 22.6 Å². The normalized spacial score (nSPS) is 10.8. The zero-order chi connectivity index (χ0) is 22.5. The summed E-state index contributed by atoms with van der Waals surface area (Å²) in [4.78, 5) is 42.2. The number of nitrogens with zero attached hydrogens (tertiary/aromatic N) is 2. The summed E-state index contributed by atoms with van der Waals surface area (Å²) in [6, 6.07) is 8.69. The number of hydrogen-bond donors (Lipinski definition) is 2. The molecule has 0 fully saturated rings. The smallest absolute Gasteiger partial charge is 0.330 e. The molecule has 0 radical (unpaired) electrons. The predicted molar refractivity (Wildman–Crippen MR) is 118 cm³/mol. The third kappa shape index (κ3) is 4.40. The van der Waals surface area contributed by atoms with Crippen LogP contribution in [0.25, 0.3) is 0 Å². The summed E-state index contributed by atoms with van der Waals surface area (Å²) in [6.45, 7) is 3.97. The molecule has 9 nitrogen and oxygen atoms in total. The topological polar surface area (TPSA) is 124 Å². The van der Waals surface area contributed by atoms with Gasteiger partial charge >= 0.3 is 5.69 Å². The number of furan rings is 1. The molecule has 0 spiro atoms. The van der Waals surface area contributed by atoms with Gasteiger partial charge in [0.05, 0.1) is 25.5 Å². The Morgan fingerprint density at radius 3 is 2.65 bits per heavy atom. The molecule has 3 rings (SSSR count). The summed E-state index contributed by atoms with van der Waals surface area (Å²) in [5, 5.41) is 0. The molecule has 0 saturated heterocycles. The molecule has 0 saturated carbocycles. The Morgan fingerprint density at radius 2 is 2.00 bits per heavy atom. The van der Waals surface area contributed by atoms with Crippen molar-refractivity contribution in [3.8, 4) is 5.75 Å². The number of H-pyrrole nitrogens is 1. The lowest BCUT2D eigenvalue weighted by molar-refractivity contribution is 0.0983. The highest BCUT2D eigenvalue weighted by atomic mass is 16.5. The fourth-order valence-corrected chi connectivity index (χ4v) is 3.39. The second-order valence-corrected chi connectivity index (χ2v) is 7.09. The van der Waals surface area contributed by atoms with Gasteiger partial charge in [0.1, 0.15) is 17.3 Å². The van der Waals surface area contributed by atoms with Crippen molar-refractivity contribution in [2.75, 3.05) is 17.7 Å². The maximum atomic E-state index is 13.5. The fraction of sp³-hybridized carbons (Fsp3) is 0.318. The molecule has 31 heavy (non-hydrogen) atoms. The summed E-state index contributed by atoms with van der Waals surface area (Å²) in [5.41, 5.74) is 5.80. The first-order chi connectivity index (χ1) is 14.9. The van der Waals surface area contributed by atoms with Crippen LogP contribution in [-0.2, 0) is 13.1 Å². The average molecular weight is 426 g/mol. The number of anilines is 2. The molecule has 0 aliphatic rings. The van der Waals surface area contributed by atoms with E-state index in [1.54, 1.807) is 31.2 Å². The highest BCUT2D eigenvalue weighted by Crippen LogP contribution is 2.27. The molecule has 3 aromatic rings. The van der Waals surface area contributed by atoms with Crippen LogP contribution in [0, 0.1) is 6.92 Å². The van der Waals surface area contributed by atoms with Gasteiger partial charge in [-0.2, -0.15) is 0 Å². The second-order valence-electron chi connectivity index (χ2n) is 7.09. The minimum atomic E-state index is -0.736. The molecule has 2 aromatic heterocycles. The third-order valence-electron chi connectivity index (χ3n) is 5.07. The largest absolute Gasteiger partial charge is 0.496 e. The van der Waals surface area contributed by atoms with Gasteiger partial charge in [-0.25, -0.2) is 4.79 Å². The summed E-state index contributed by atoms with van der Waals surface area (Å²) >= 11 is 0. The number of aromatic nitrogens is 2. The van der Waals surface area contributed by atoms with E-state index < -0.39 is 17.2 Å². The monoisotopic (exact) mass is 426 g/mol. The Bertz CT molecular complexity index is 1190. The average Bonchev–Trinajstić information content (AvgIpc) is 3.18. The first-order valence-electron chi connectivity index (χ1n) is 9.99. The lowest BCUT2D eigenvalue weighted by atomic mass is 10.1. The number of para-hydroxylation sites is 1. The maximum Gasteiger partial charge on any atom is 0.330 e. The molecule has 0 atom stereocenters. The van der Waals surface area contributed by atoms with Crippen LogP contribution < -0.4 is 26.6 Å². The first kappa shape index (κ1) is 21.9. The molecule has 0 unspecified atom stereocenters. The third-order valence-corrected chi connectivity index (χ3v) is 5.07. The number of benzene rings is 1. The Hall–Kier alpha value is -3.75. The van der Waals surface area contributed by atoms with Crippen LogP contribution in [0.2, 0.25) is 0 Å². The van der Waals surface area contributed by atoms with Crippen LogP contribution in [0.5, 0.6) is 5.75 Å². The van der Waals surface area contributed by atoms with E-state index in [1.807, 2.05) is 6.92 Å². The van der Waals surface area contributed by atoms with E-state index in [0.29, 0.717) is 35.6 Å². The van der Waals surface area contributed by atoms with Gasteiger partial charge in [0.2, 0.25) is 0 Å². The van der Waals surface area contributed by atoms with E-state index >= 15 is 0 Å². The number of aromatic amines is 1. The van der Waals surface area contributed by atoms with Crippen LogP contribution in [0.3, 0.4) is 0 Å². The number of rotatable bonds is 8. The quantitative estimate of drug-likeness (QED) is 0.571. The van der Waals surface area contributed by atoms with Gasteiger partial charge in [-0.3, -0.25) is 24.0 Å². The van der Waals surface area contributed by atoms with Gasteiger partial charge in [-0.05, 0) is 25.5 Å². The van der Waals surface area contributed by atoms with Gasteiger partial charge in [0, 0.05) is 12.1 Å². The number of nitrogen functional groups attached to an aromatic ring is 1. The van der Waals surface area contributed by atoms with Crippen molar-refractivity contribution in [1.29, 1.82) is 0 Å². The zero-order valence-electron chi connectivity index (χ0n) is 17.8. The molecular formula is C22H26N4O5. The van der Waals surface area contributed by atoms with Crippen molar-refractivity contribution in [1.82, 2.24) is 9.55 Å². The summed E-state index contributed by atoms with van der Waals surface area (Å²) in [7, 11) is 1.53. The molecule has 1 amide bonds. The van der Waals surface area contributed by atoms with E-state index in [9.17, 15) is 14.4 Å². The van der Waals surface area contributed by atoms with E-state index in [4.69, 9.17) is 14.9 Å². The van der Waals surface area contributed by atoms with Crippen molar-refractivity contribution in [3.05, 3.63) is 74.3 Å². The van der Waals surface area contributed by atoms with E-state index in [2.05, 4.69) is 4.98 Å². The van der Waals surface area contributed by atoms with Gasteiger partial charge in [0.15, 0.2) is 5.69 Å². The van der Waals surface area contributed by atoms with Gasteiger partial charge in [-0.1, -0.05) is 31.5 Å². The first-order valence-corrected chi connectivity index (χ1v) is 9.99. The SMILES string of the molecule is CCCCn1c(N)c(N(Cc2ccccc2OC)C(=O)c2ccoc2C)c(=O)[nH]c1=O. The number of amides is 1. The van der Waals surface area contributed by atoms with Crippen molar-refractivity contribution < 1.29 is 13.9 Å². The number of unbranched alkanes of at least 4 members (excludes halogenated alkanes) is 1. The highest BCUT2D eigenvalue weighted by molar-refractivity contribution is 6.07. The number of methoxy groups -OCH3 is 1. The number of carbonyl (C=O) groups is 1. The predicted octanol–water partition coefficient (Wildman–Crippen LogP) is 2.68. The van der Waals surface area contributed by atoms with Crippen LogP contribution >= 0.6 is 0 Å². The number of nitrogens with two attached hydrogens (primary N) is 1. The molecule has 1 aromatic carbocycles. The minimum absolute atomic E-state index is 0.00667. The fourth-order valence-electron chi connectivity index (χ4n) is 3.39.